The summed E-state index contributed by atoms with van der Waals surface area (Å²) in [7, 11) is -4.47. The van der Waals surface area contributed by atoms with Crippen molar-refractivity contribution in [1.82, 2.24) is 5.43 Å². The van der Waals surface area contributed by atoms with Gasteiger partial charge in [0.05, 0.1) is 27.4 Å². The number of nitrogens with zero attached hydrogens (tertiary/aromatic N) is 3. The molecular formula is C26H26ClF3N4O3S. The second kappa shape index (κ2) is 12.3. The lowest BCUT2D eigenvalue weighted by molar-refractivity contribution is -0.137. The van der Waals surface area contributed by atoms with E-state index in [1.807, 2.05) is 26.0 Å². The van der Waals surface area contributed by atoms with E-state index in [9.17, 15) is 26.4 Å². The van der Waals surface area contributed by atoms with Crippen LogP contribution in [0.5, 0.6) is 0 Å². The Bertz CT molecular complexity index is 1380. The maximum atomic E-state index is 13.4. The molecule has 0 bridgehead atoms. The van der Waals surface area contributed by atoms with Gasteiger partial charge in [0.25, 0.3) is 15.9 Å². The molecule has 3 rings (SSSR count). The van der Waals surface area contributed by atoms with E-state index in [2.05, 4.69) is 15.4 Å². The average Bonchev–Trinajstić information content (AvgIpc) is 2.89. The van der Waals surface area contributed by atoms with Crippen LogP contribution in [0.4, 0.5) is 24.5 Å². The standard InChI is InChI=1S/C26H26ClF3N4O3S/c1-3-33(4-2)21-13-10-19(11-14-21)17-31-32-25(35)18-34(38(36,37)22-8-6-5-7-9-22)24-16-20(26(28,29)30)12-15-23(24)27/h5-17H,3-4,18H2,1-2H3,(H,32,35)/b31-17-. The molecular weight excluding hydrogens is 541 g/mol. The third-order valence-electron chi connectivity index (χ3n) is 5.59. The van der Waals surface area contributed by atoms with Crippen LogP contribution in [0.2, 0.25) is 5.02 Å². The number of rotatable bonds is 10. The molecule has 0 aliphatic heterocycles. The molecule has 3 aromatic rings. The number of amides is 1. The van der Waals surface area contributed by atoms with Crippen molar-refractivity contribution in [2.24, 2.45) is 5.10 Å². The van der Waals surface area contributed by atoms with Gasteiger partial charge in [0, 0.05) is 18.8 Å². The van der Waals surface area contributed by atoms with Crippen molar-refractivity contribution in [1.29, 1.82) is 0 Å². The van der Waals surface area contributed by atoms with Crippen LogP contribution >= 0.6 is 11.6 Å². The average molecular weight is 567 g/mol. The molecule has 0 fully saturated rings. The molecule has 7 nitrogen and oxygen atoms in total. The van der Waals surface area contributed by atoms with E-state index in [4.69, 9.17) is 11.6 Å². The molecule has 3 aromatic carbocycles. The second-order valence-electron chi connectivity index (χ2n) is 8.05. The summed E-state index contributed by atoms with van der Waals surface area (Å²) in [6, 6.07) is 16.7. The van der Waals surface area contributed by atoms with Crippen LogP contribution in [-0.4, -0.2) is 40.2 Å². The fourth-order valence-electron chi connectivity index (χ4n) is 3.60. The molecule has 0 aliphatic rings. The Morgan fingerprint density at radius 2 is 1.63 bits per heavy atom. The van der Waals surface area contributed by atoms with Gasteiger partial charge in [-0.2, -0.15) is 18.3 Å². The largest absolute Gasteiger partial charge is 0.416 e. The molecule has 38 heavy (non-hydrogen) atoms. The van der Waals surface area contributed by atoms with Gasteiger partial charge in [-0.1, -0.05) is 41.9 Å². The van der Waals surface area contributed by atoms with Crippen molar-refractivity contribution in [2.75, 3.05) is 28.8 Å². The number of halogens is 4. The summed E-state index contributed by atoms with van der Waals surface area (Å²) >= 11 is 6.12. The lowest BCUT2D eigenvalue weighted by Crippen LogP contribution is -2.40. The number of hydrogen-bond donors (Lipinski definition) is 1. The maximum absolute atomic E-state index is 13.4. The molecule has 0 spiro atoms. The zero-order chi connectivity index (χ0) is 27.9. The SMILES string of the molecule is CCN(CC)c1ccc(/C=N\NC(=O)CN(c2cc(C(F)(F)F)ccc2Cl)S(=O)(=O)c2ccccc2)cc1. The first-order valence-electron chi connectivity index (χ1n) is 11.6. The van der Waals surface area contributed by atoms with E-state index in [0.717, 1.165) is 30.9 Å². The third-order valence-corrected chi connectivity index (χ3v) is 7.68. The number of benzene rings is 3. The molecule has 0 aliphatic carbocycles. The summed E-state index contributed by atoms with van der Waals surface area (Å²) in [5, 5.41) is 3.59. The van der Waals surface area contributed by atoms with Crippen LogP contribution in [0.3, 0.4) is 0 Å². The van der Waals surface area contributed by atoms with Crippen molar-refractivity contribution in [3.8, 4) is 0 Å². The van der Waals surface area contributed by atoms with Gasteiger partial charge in [0.2, 0.25) is 0 Å². The minimum atomic E-state index is -4.76. The van der Waals surface area contributed by atoms with E-state index in [0.29, 0.717) is 15.9 Å². The highest BCUT2D eigenvalue weighted by atomic mass is 35.5. The number of nitrogens with one attached hydrogen (secondary N) is 1. The highest BCUT2D eigenvalue weighted by molar-refractivity contribution is 7.92. The molecule has 1 N–H and O–H groups in total. The van der Waals surface area contributed by atoms with Gasteiger partial charge in [-0.05, 0) is 61.9 Å². The Hall–Kier alpha value is -3.57. The van der Waals surface area contributed by atoms with Gasteiger partial charge < -0.3 is 4.90 Å². The van der Waals surface area contributed by atoms with Crippen molar-refractivity contribution in [3.63, 3.8) is 0 Å². The number of anilines is 2. The third kappa shape index (κ3) is 7.05. The number of hydrogen-bond acceptors (Lipinski definition) is 5. The van der Waals surface area contributed by atoms with Crippen LogP contribution in [0.25, 0.3) is 0 Å². The lowest BCUT2D eigenvalue weighted by Gasteiger charge is -2.25. The van der Waals surface area contributed by atoms with Crippen molar-refractivity contribution >= 4 is 45.1 Å². The van der Waals surface area contributed by atoms with Gasteiger partial charge in [0.15, 0.2) is 0 Å². The van der Waals surface area contributed by atoms with E-state index in [-0.39, 0.29) is 9.92 Å². The first kappa shape index (κ1) is 29.0. The van der Waals surface area contributed by atoms with Gasteiger partial charge in [-0.15, -0.1) is 0 Å². The Morgan fingerprint density at radius 3 is 2.21 bits per heavy atom. The van der Waals surface area contributed by atoms with Gasteiger partial charge in [0.1, 0.15) is 6.54 Å². The highest BCUT2D eigenvalue weighted by Crippen LogP contribution is 2.37. The van der Waals surface area contributed by atoms with Crippen LogP contribution < -0.4 is 14.6 Å². The van der Waals surface area contributed by atoms with Gasteiger partial charge in [-0.3, -0.25) is 9.10 Å². The number of carbonyl (C=O) groups excluding carboxylic acids is 1. The van der Waals surface area contributed by atoms with E-state index in [1.165, 1.54) is 30.5 Å². The molecule has 202 valence electrons. The minimum Gasteiger partial charge on any atom is -0.372 e. The minimum absolute atomic E-state index is 0.224. The van der Waals surface area contributed by atoms with E-state index >= 15 is 0 Å². The Balaban J connectivity index is 1.86. The van der Waals surface area contributed by atoms with Gasteiger partial charge >= 0.3 is 6.18 Å². The predicted octanol–water partition coefficient (Wildman–Crippen LogP) is 5.55. The molecule has 0 aromatic heterocycles. The molecule has 0 saturated heterocycles. The molecule has 0 saturated carbocycles. The summed E-state index contributed by atoms with van der Waals surface area (Å²) in [4.78, 5) is 14.6. The summed E-state index contributed by atoms with van der Waals surface area (Å²) in [5.74, 6) is -0.881. The van der Waals surface area contributed by atoms with Crippen molar-refractivity contribution in [2.45, 2.75) is 24.9 Å². The molecule has 0 unspecified atom stereocenters. The fraction of sp³-hybridized carbons (Fsp3) is 0.231. The highest BCUT2D eigenvalue weighted by Gasteiger charge is 2.34. The smallest absolute Gasteiger partial charge is 0.372 e. The van der Waals surface area contributed by atoms with Crippen LogP contribution in [0, 0.1) is 0 Å². The van der Waals surface area contributed by atoms with Crippen molar-refractivity contribution in [3.05, 3.63) is 88.9 Å². The predicted molar refractivity (Wildman–Crippen MR) is 143 cm³/mol. The fourth-order valence-corrected chi connectivity index (χ4v) is 5.33. The Labute approximate surface area is 224 Å². The quantitative estimate of drug-likeness (QED) is 0.258. The molecule has 1 amide bonds. The number of hydrazone groups is 1. The monoisotopic (exact) mass is 566 g/mol. The molecule has 0 radical (unpaired) electrons. The second-order valence-corrected chi connectivity index (χ2v) is 10.3. The number of sulfonamides is 1. The molecule has 0 heterocycles. The molecule has 12 heteroatoms. The normalized spacial score (nSPS) is 11.9. The summed E-state index contributed by atoms with van der Waals surface area (Å²) < 4.78 is 67.4. The van der Waals surface area contributed by atoms with Crippen LogP contribution in [0.15, 0.2) is 82.8 Å². The first-order chi connectivity index (χ1) is 18.0. The summed E-state index contributed by atoms with van der Waals surface area (Å²) in [6.45, 7) is 4.91. The van der Waals surface area contributed by atoms with Crippen LogP contribution in [0.1, 0.15) is 25.0 Å². The van der Waals surface area contributed by atoms with Crippen LogP contribution in [-0.2, 0) is 21.0 Å². The lowest BCUT2D eigenvalue weighted by atomic mass is 10.2. The summed E-state index contributed by atoms with van der Waals surface area (Å²) in [6.07, 6.45) is -3.38. The number of alkyl halides is 3. The van der Waals surface area contributed by atoms with Crippen molar-refractivity contribution < 1.29 is 26.4 Å². The first-order valence-corrected chi connectivity index (χ1v) is 13.4. The van der Waals surface area contributed by atoms with E-state index in [1.54, 1.807) is 18.2 Å². The Morgan fingerprint density at radius 1 is 1.00 bits per heavy atom. The van der Waals surface area contributed by atoms with Gasteiger partial charge in [-0.25, -0.2) is 13.8 Å². The Kier molecular flexibility index (Phi) is 9.40. The topological polar surface area (TPSA) is 82.1 Å². The zero-order valence-electron chi connectivity index (χ0n) is 20.6. The zero-order valence-corrected chi connectivity index (χ0v) is 22.2. The maximum Gasteiger partial charge on any atom is 0.416 e. The van der Waals surface area contributed by atoms with E-state index < -0.39 is 39.9 Å². The number of carbonyl (C=O) groups is 1. The summed E-state index contributed by atoms with van der Waals surface area (Å²) in [5.41, 5.74) is 2.32. The molecule has 0 atom stereocenters.